The van der Waals surface area contributed by atoms with Crippen LogP contribution in [-0.2, 0) is 0 Å². The number of nitrogens with two attached hydrogens (primary N) is 1. The summed E-state index contributed by atoms with van der Waals surface area (Å²) in [5.74, 6) is 0.0948. The van der Waals surface area contributed by atoms with Crippen molar-refractivity contribution in [1.82, 2.24) is 0 Å². The van der Waals surface area contributed by atoms with E-state index in [4.69, 9.17) is 11.1 Å². The number of rotatable bonds is 2. The Morgan fingerprint density at radius 1 is 1.70 bits per heavy atom. The average Bonchev–Trinajstić information content (AvgIpc) is 2.00. The largest absolute Gasteiger partial charge is 0.398 e. The number of nitrogens with one attached hydrogen (secondary N) is 1. The molecule has 0 unspecified atom stereocenters. The lowest BCUT2D eigenvalue weighted by atomic mass is 10.2. The topological polar surface area (TPSA) is 62.2 Å². The Balaban J connectivity index is 4.61. The van der Waals surface area contributed by atoms with Gasteiger partial charge in [0.25, 0.3) is 0 Å². The minimum atomic E-state index is 0.0948. The van der Waals surface area contributed by atoms with Crippen molar-refractivity contribution in [2.45, 2.75) is 6.92 Å². The summed E-state index contributed by atoms with van der Waals surface area (Å²) in [4.78, 5) is 3.41. The number of amidine groups is 1. The molecule has 0 saturated heterocycles. The molecule has 0 aromatic carbocycles. The molecule has 0 radical (unpaired) electrons. The Morgan fingerprint density at radius 2 is 2.20 bits per heavy atom. The van der Waals surface area contributed by atoms with E-state index >= 15 is 0 Å². The number of allylic oxidation sites excluding steroid dienone is 1. The smallest absolute Gasteiger partial charge is 0.148 e. The number of aliphatic imine (C=N–C) groups is 1. The second-order valence-corrected chi connectivity index (χ2v) is 1.79. The molecule has 3 heteroatoms. The monoisotopic (exact) mass is 137 g/mol. The molecular weight excluding hydrogens is 126 g/mol. The molecule has 0 aromatic heterocycles. The zero-order valence-electron chi connectivity index (χ0n) is 6.02. The molecule has 0 fully saturated rings. The molecule has 0 amide bonds. The summed E-state index contributed by atoms with van der Waals surface area (Å²) in [7, 11) is 0. The summed E-state index contributed by atoms with van der Waals surface area (Å²) in [6, 6.07) is 0. The number of hydrogen-bond donors (Lipinski definition) is 2. The van der Waals surface area contributed by atoms with Gasteiger partial charge in [0.1, 0.15) is 5.84 Å². The third-order valence-electron chi connectivity index (χ3n) is 1.17. The fraction of sp³-hybridized carbons (Fsp3) is 0.143. The first kappa shape index (κ1) is 8.62. The van der Waals surface area contributed by atoms with E-state index in [0.29, 0.717) is 11.3 Å². The summed E-state index contributed by atoms with van der Waals surface area (Å²) in [5, 5.41) is 7.16. The van der Waals surface area contributed by atoms with Gasteiger partial charge in [-0.2, -0.15) is 0 Å². The van der Waals surface area contributed by atoms with Crippen molar-refractivity contribution >= 4 is 12.6 Å². The molecule has 0 aromatic rings. The molecule has 0 aliphatic rings. The van der Waals surface area contributed by atoms with Gasteiger partial charge < -0.3 is 5.73 Å². The third-order valence-corrected chi connectivity index (χ3v) is 1.17. The highest BCUT2D eigenvalue weighted by molar-refractivity contribution is 5.98. The van der Waals surface area contributed by atoms with E-state index in [1.165, 1.54) is 6.08 Å². The second-order valence-electron chi connectivity index (χ2n) is 1.79. The molecule has 0 saturated carbocycles. The van der Waals surface area contributed by atoms with E-state index in [2.05, 4.69) is 18.3 Å². The average molecular weight is 137 g/mol. The van der Waals surface area contributed by atoms with Crippen molar-refractivity contribution in [2.75, 3.05) is 0 Å². The van der Waals surface area contributed by atoms with Crippen LogP contribution in [0, 0.1) is 5.41 Å². The lowest BCUT2D eigenvalue weighted by Crippen LogP contribution is -2.03. The van der Waals surface area contributed by atoms with E-state index in [9.17, 15) is 0 Å². The highest BCUT2D eigenvalue weighted by atomic mass is 14.8. The molecule has 0 spiro atoms. The summed E-state index contributed by atoms with van der Waals surface area (Å²) in [6.45, 7) is 8.36. The summed E-state index contributed by atoms with van der Waals surface area (Å²) in [6.07, 6.45) is 1.48. The molecular formula is C7H11N3. The maximum atomic E-state index is 7.16. The van der Waals surface area contributed by atoms with Crippen LogP contribution in [0.5, 0.6) is 0 Å². The first-order valence-electron chi connectivity index (χ1n) is 2.78. The van der Waals surface area contributed by atoms with E-state index in [1.807, 2.05) is 0 Å². The molecule has 54 valence electrons. The van der Waals surface area contributed by atoms with E-state index in [0.717, 1.165) is 0 Å². The molecule has 0 atom stereocenters. The van der Waals surface area contributed by atoms with Gasteiger partial charge >= 0.3 is 0 Å². The zero-order valence-corrected chi connectivity index (χ0v) is 6.02. The highest BCUT2D eigenvalue weighted by Crippen LogP contribution is 2.00. The lowest BCUT2D eigenvalue weighted by molar-refractivity contribution is 1.30. The van der Waals surface area contributed by atoms with Gasteiger partial charge in [-0.15, -0.1) is 0 Å². The number of hydrogen-bond acceptors (Lipinski definition) is 2. The van der Waals surface area contributed by atoms with Crippen LogP contribution < -0.4 is 5.73 Å². The van der Waals surface area contributed by atoms with Crippen LogP contribution in [0.4, 0.5) is 0 Å². The van der Waals surface area contributed by atoms with Crippen molar-refractivity contribution in [3.63, 3.8) is 0 Å². The quantitative estimate of drug-likeness (QED) is 0.334. The van der Waals surface area contributed by atoms with Crippen LogP contribution >= 0.6 is 0 Å². The van der Waals surface area contributed by atoms with Crippen LogP contribution in [0.3, 0.4) is 0 Å². The van der Waals surface area contributed by atoms with Crippen LogP contribution in [0.2, 0.25) is 0 Å². The standard InChI is InChI=1S/C7H11N3/c1-4-6(8)5(2)7(9)10-3/h4,9H,1,3,8H2,2H3. The SMILES string of the molecule is C=CC(N)=C(C)C(=N)N=C. The lowest BCUT2D eigenvalue weighted by Gasteiger charge is -1.98. The summed E-state index contributed by atoms with van der Waals surface area (Å²) < 4.78 is 0. The zero-order chi connectivity index (χ0) is 8.15. The van der Waals surface area contributed by atoms with E-state index in [-0.39, 0.29) is 5.84 Å². The fourth-order valence-corrected chi connectivity index (χ4v) is 0.408. The van der Waals surface area contributed by atoms with E-state index in [1.54, 1.807) is 6.92 Å². The first-order chi connectivity index (χ1) is 4.63. The molecule has 0 heterocycles. The van der Waals surface area contributed by atoms with Crippen LogP contribution in [0.25, 0.3) is 0 Å². The molecule has 0 aliphatic heterocycles. The van der Waals surface area contributed by atoms with Gasteiger partial charge in [-0.25, -0.2) is 4.99 Å². The van der Waals surface area contributed by atoms with Crippen LogP contribution in [0.1, 0.15) is 6.92 Å². The van der Waals surface area contributed by atoms with Crippen molar-refractivity contribution in [2.24, 2.45) is 10.7 Å². The van der Waals surface area contributed by atoms with Gasteiger partial charge in [-0.1, -0.05) is 6.58 Å². The van der Waals surface area contributed by atoms with E-state index < -0.39 is 0 Å². The molecule has 0 aliphatic carbocycles. The van der Waals surface area contributed by atoms with Gasteiger partial charge in [0.15, 0.2) is 0 Å². The Kier molecular flexibility index (Phi) is 3.11. The Morgan fingerprint density at radius 3 is 2.50 bits per heavy atom. The van der Waals surface area contributed by atoms with Crippen LogP contribution in [-0.4, -0.2) is 12.6 Å². The van der Waals surface area contributed by atoms with Gasteiger partial charge in [0.05, 0.1) is 0 Å². The predicted octanol–water partition coefficient (Wildman–Crippen LogP) is 1.08. The van der Waals surface area contributed by atoms with Gasteiger partial charge in [-0.05, 0) is 19.7 Å². The summed E-state index contributed by atoms with van der Waals surface area (Å²) in [5.41, 5.74) is 6.50. The second kappa shape index (κ2) is 3.61. The van der Waals surface area contributed by atoms with Gasteiger partial charge in [0, 0.05) is 11.3 Å². The van der Waals surface area contributed by atoms with Crippen molar-refractivity contribution in [1.29, 1.82) is 5.41 Å². The van der Waals surface area contributed by atoms with Gasteiger partial charge in [0.2, 0.25) is 0 Å². The highest BCUT2D eigenvalue weighted by Gasteiger charge is 1.97. The molecule has 0 bridgehead atoms. The summed E-state index contributed by atoms with van der Waals surface area (Å²) >= 11 is 0. The minimum Gasteiger partial charge on any atom is -0.398 e. The maximum absolute atomic E-state index is 7.16. The Hall–Kier alpha value is -1.38. The normalized spacial score (nSPS) is 11.7. The minimum absolute atomic E-state index is 0.0948. The van der Waals surface area contributed by atoms with Gasteiger partial charge in [-0.3, -0.25) is 5.41 Å². The maximum Gasteiger partial charge on any atom is 0.148 e. The Bertz CT molecular complexity index is 201. The Labute approximate surface area is 60.5 Å². The fourth-order valence-electron chi connectivity index (χ4n) is 0.408. The number of nitrogens with zero attached hydrogens (tertiary/aromatic N) is 1. The first-order valence-corrected chi connectivity index (χ1v) is 2.78. The molecule has 0 rings (SSSR count). The molecule has 3 N–H and O–H groups in total. The third kappa shape index (κ3) is 1.85. The van der Waals surface area contributed by atoms with Crippen molar-refractivity contribution in [3.05, 3.63) is 23.9 Å². The molecule has 10 heavy (non-hydrogen) atoms. The van der Waals surface area contributed by atoms with Crippen LogP contribution in [0.15, 0.2) is 28.9 Å². The predicted molar refractivity (Wildman–Crippen MR) is 44.4 cm³/mol. The van der Waals surface area contributed by atoms with Crippen molar-refractivity contribution in [3.8, 4) is 0 Å². The molecule has 3 nitrogen and oxygen atoms in total. The van der Waals surface area contributed by atoms with Crippen molar-refractivity contribution < 1.29 is 0 Å².